The second kappa shape index (κ2) is 12.1. The van der Waals surface area contributed by atoms with E-state index >= 15 is 0 Å². The number of imidazole rings is 1. The van der Waals surface area contributed by atoms with Crippen molar-refractivity contribution in [1.29, 1.82) is 0 Å². The Bertz CT molecular complexity index is 2440. The van der Waals surface area contributed by atoms with Crippen LogP contribution in [0.5, 0.6) is 0 Å². The summed E-state index contributed by atoms with van der Waals surface area (Å²) in [6, 6.07) is 59.6. The zero-order valence-corrected chi connectivity index (χ0v) is 28.3. The highest BCUT2D eigenvalue weighted by Gasteiger charge is 2.46. The number of nitrogens with zero attached hydrogens (tertiary/aromatic N) is 3. The maximum atomic E-state index is 5.12. The van der Waals surface area contributed by atoms with Crippen LogP contribution in [-0.2, 0) is 11.8 Å². The normalized spacial score (nSPS) is 13.0. The van der Waals surface area contributed by atoms with Crippen LogP contribution in [-0.4, -0.2) is 14.5 Å². The van der Waals surface area contributed by atoms with Gasteiger partial charge in [-0.05, 0) is 98.8 Å². The Morgan fingerprint density at radius 2 is 1.20 bits per heavy atom. The third kappa shape index (κ3) is 4.81. The second-order valence-electron chi connectivity index (χ2n) is 13.7. The van der Waals surface area contributed by atoms with Crippen molar-refractivity contribution in [2.24, 2.45) is 5.92 Å². The molecule has 0 saturated heterocycles. The number of fused-ring (bicyclic) bond motifs is 4. The van der Waals surface area contributed by atoms with Gasteiger partial charge in [0.15, 0.2) is 0 Å². The van der Waals surface area contributed by atoms with E-state index in [0.717, 1.165) is 40.2 Å². The van der Waals surface area contributed by atoms with Crippen molar-refractivity contribution in [3.63, 3.8) is 0 Å². The number of hydrogen-bond donors (Lipinski definition) is 0. The molecule has 0 amide bonds. The van der Waals surface area contributed by atoms with Crippen LogP contribution in [0.25, 0.3) is 50.5 Å². The Balaban J connectivity index is 1.22. The van der Waals surface area contributed by atoms with Gasteiger partial charge in [0.25, 0.3) is 0 Å². The highest BCUT2D eigenvalue weighted by Crippen LogP contribution is 2.56. The largest absolute Gasteiger partial charge is 0.276 e. The molecule has 0 N–H and O–H groups in total. The van der Waals surface area contributed by atoms with Gasteiger partial charge < -0.3 is 0 Å². The van der Waals surface area contributed by atoms with Crippen molar-refractivity contribution >= 4 is 11.0 Å². The predicted molar refractivity (Wildman–Crippen MR) is 206 cm³/mol. The second-order valence-corrected chi connectivity index (χ2v) is 13.7. The fraction of sp³-hybridized carbons (Fsp3) is 0.106. The summed E-state index contributed by atoms with van der Waals surface area (Å²) in [6.07, 6.45) is 2.91. The Kier molecular flexibility index (Phi) is 7.28. The van der Waals surface area contributed by atoms with Crippen LogP contribution >= 0.6 is 0 Å². The molecule has 50 heavy (non-hydrogen) atoms. The van der Waals surface area contributed by atoms with Gasteiger partial charge in [-0.3, -0.25) is 4.57 Å². The number of pyridine rings is 1. The van der Waals surface area contributed by atoms with Crippen molar-refractivity contribution in [1.82, 2.24) is 14.5 Å². The molecular weight excluding hydrogens is 607 g/mol. The van der Waals surface area contributed by atoms with Crippen LogP contribution in [0.3, 0.4) is 0 Å². The van der Waals surface area contributed by atoms with E-state index in [-0.39, 0.29) is 0 Å². The summed E-state index contributed by atoms with van der Waals surface area (Å²) < 4.78 is 2.16. The van der Waals surface area contributed by atoms with E-state index in [0.29, 0.717) is 5.92 Å². The van der Waals surface area contributed by atoms with E-state index in [2.05, 4.69) is 158 Å². The zero-order valence-electron chi connectivity index (χ0n) is 28.3. The number of aromatic nitrogens is 3. The monoisotopic (exact) mass is 643 g/mol. The number of rotatable bonds is 7. The Morgan fingerprint density at radius 3 is 1.92 bits per heavy atom. The summed E-state index contributed by atoms with van der Waals surface area (Å²) in [5, 5.41) is 0. The fourth-order valence-electron chi connectivity index (χ4n) is 8.09. The minimum Gasteiger partial charge on any atom is -0.276 e. The molecule has 0 aliphatic heterocycles. The number of para-hydroxylation sites is 2. The van der Waals surface area contributed by atoms with E-state index < -0.39 is 5.41 Å². The van der Waals surface area contributed by atoms with Crippen LogP contribution in [0, 0.1) is 5.92 Å². The van der Waals surface area contributed by atoms with Gasteiger partial charge in [0.2, 0.25) is 0 Å². The first-order valence-electron chi connectivity index (χ1n) is 17.5. The van der Waals surface area contributed by atoms with Gasteiger partial charge in [-0.1, -0.05) is 141 Å². The van der Waals surface area contributed by atoms with E-state index in [1.54, 1.807) is 0 Å². The molecular formula is C47H37N3. The van der Waals surface area contributed by atoms with E-state index in [1.807, 2.05) is 30.5 Å². The SMILES string of the molecule is CC(C)Cc1ccc(C2(c3cccc(-c4cccc(-c5nc6ccccc6n5-c5ccccn5)c4)c3)c3ccccc3-c3ccccc32)cc1. The lowest BCUT2D eigenvalue weighted by molar-refractivity contribution is 0.646. The van der Waals surface area contributed by atoms with Gasteiger partial charge in [-0.2, -0.15) is 0 Å². The summed E-state index contributed by atoms with van der Waals surface area (Å²) in [7, 11) is 0. The third-order valence-electron chi connectivity index (χ3n) is 10.2. The molecule has 0 saturated carbocycles. The molecule has 0 bridgehead atoms. The Labute approximate surface area is 293 Å². The molecule has 2 aromatic heterocycles. The van der Waals surface area contributed by atoms with Gasteiger partial charge in [0, 0.05) is 11.8 Å². The summed E-state index contributed by atoms with van der Waals surface area (Å²) in [5.41, 5.74) is 14.1. The quantitative estimate of drug-likeness (QED) is 0.173. The maximum absolute atomic E-state index is 5.12. The van der Waals surface area contributed by atoms with Crippen LogP contribution < -0.4 is 0 Å². The first kappa shape index (κ1) is 30.0. The lowest BCUT2D eigenvalue weighted by atomic mass is 9.67. The average molecular weight is 644 g/mol. The average Bonchev–Trinajstić information content (AvgIpc) is 3.70. The van der Waals surface area contributed by atoms with Crippen molar-refractivity contribution in [2.75, 3.05) is 0 Å². The topological polar surface area (TPSA) is 30.7 Å². The summed E-state index contributed by atoms with van der Waals surface area (Å²) in [5.74, 6) is 2.33. The van der Waals surface area contributed by atoms with Crippen molar-refractivity contribution in [3.8, 4) is 39.5 Å². The van der Waals surface area contributed by atoms with Crippen LogP contribution in [0.15, 0.2) is 170 Å². The minimum atomic E-state index is -0.454. The number of benzene rings is 6. The van der Waals surface area contributed by atoms with Crippen molar-refractivity contribution < 1.29 is 0 Å². The molecule has 240 valence electrons. The molecule has 1 aliphatic carbocycles. The molecule has 1 aliphatic rings. The lowest BCUT2D eigenvalue weighted by Gasteiger charge is -2.34. The van der Waals surface area contributed by atoms with E-state index in [1.165, 1.54) is 44.5 Å². The molecule has 6 aromatic carbocycles. The first-order chi connectivity index (χ1) is 24.6. The standard InChI is InChI=1S/C47H37N3/c1-32(2)29-33-24-26-37(27-25-33)47(41-19-5-3-17-39(41)40-18-4-6-20-42(40)47)38-16-12-14-35(31-38)34-13-11-15-36(30-34)46-49-43-21-7-8-22-44(43)50(46)45-23-9-10-28-48-45/h3-28,30-32H,29H2,1-2H3. The molecule has 0 unspecified atom stereocenters. The summed E-state index contributed by atoms with van der Waals surface area (Å²) in [4.78, 5) is 9.83. The summed E-state index contributed by atoms with van der Waals surface area (Å²) >= 11 is 0. The summed E-state index contributed by atoms with van der Waals surface area (Å²) in [6.45, 7) is 4.57. The molecule has 2 heterocycles. The Hall–Kier alpha value is -6.06. The molecule has 3 nitrogen and oxygen atoms in total. The van der Waals surface area contributed by atoms with Gasteiger partial charge in [-0.25, -0.2) is 9.97 Å². The molecule has 0 fully saturated rings. The molecule has 0 spiro atoms. The van der Waals surface area contributed by atoms with E-state index in [4.69, 9.17) is 9.97 Å². The van der Waals surface area contributed by atoms with Crippen LogP contribution in [0.4, 0.5) is 0 Å². The van der Waals surface area contributed by atoms with E-state index in [9.17, 15) is 0 Å². The van der Waals surface area contributed by atoms with Gasteiger partial charge in [0.05, 0.1) is 16.4 Å². The predicted octanol–water partition coefficient (Wildman–Crippen LogP) is 11.3. The van der Waals surface area contributed by atoms with Crippen molar-refractivity contribution in [2.45, 2.75) is 25.7 Å². The van der Waals surface area contributed by atoms with Gasteiger partial charge in [-0.15, -0.1) is 0 Å². The zero-order chi connectivity index (χ0) is 33.7. The first-order valence-corrected chi connectivity index (χ1v) is 17.5. The van der Waals surface area contributed by atoms with Gasteiger partial charge in [0.1, 0.15) is 11.6 Å². The highest BCUT2D eigenvalue weighted by atomic mass is 15.1. The van der Waals surface area contributed by atoms with Crippen molar-refractivity contribution in [3.05, 3.63) is 198 Å². The maximum Gasteiger partial charge on any atom is 0.146 e. The highest BCUT2D eigenvalue weighted by molar-refractivity contribution is 5.87. The molecule has 0 atom stereocenters. The molecule has 0 radical (unpaired) electrons. The number of hydrogen-bond acceptors (Lipinski definition) is 2. The third-order valence-corrected chi connectivity index (χ3v) is 10.2. The van der Waals surface area contributed by atoms with Crippen LogP contribution in [0.2, 0.25) is 0 Å². The van der Waals surface area contributed by atoms with Gasteiger partial charge >= 0.3 is 0 Å². The molecule has 3 heteroatoms. The smallest absolute Gasteiger partial charge is 0.146 e. The lowest BCUT2D eigenvalue weighted by Crippen LogP contribution is -2.28. The molecule has 8 aromatic rings. The Morgan fingerprint density at radius 1 is 0.560 bits per heavy atom. The van der Waals surface area contributed by atoms with Crippen LogP contribution in [0.1, 0.15) is 41.7 Å². The fourth-order valence-corrected chi connectivity index (χ4v) is 8.09. The molecule has 9 rings (SSSR count). The minimum absolute atomic E-state index is 0.454.